The van der Waals surface area contributed by atoms with E-state index in [2.05, 4.69) is 20.1 Å². The predicted molar refractivity (Wildman–Crippen MR) is 121 cm³/mol. The van der Waals surface area contributed by atoms with E-state index in [9.17, 15) is 8.78 Å². The van der Waals surface area contributed by atoms with Crippen molar-refractivity contribution in [1.82, 2.24) is 19.9 Å². The molecular weight excluding hydrogens is 410 g/mol. The highest BCUT2D eigenvalue weighted by Crippen LogP contribution is 2.28. The maximum Gasteiger partial charge on any atom is 0.174 e. The van der Waals surface area contributed by atoms with Crippen LogP contribution in [0.3, 0.4) is 0 Å². The van der Waals surface area contributed by atoms with Crippen molar-refractivity contribution < 1.29 is 8.78 Å². The SMILES string of the molecule is Fc1ccc(F)c(CN2CCN(c3nc4ccccc4nc3Nc3cccnc3)CC2)c1. The summed E-state index contributed by atoms with van der Waals surface area (Å²) in [6.45, 7) is 3.19. The second kappa shape index (κ2) is 8.84. The number of nitrogens with one attached hydrogen (secondary N) is 1. The van der Waals surface area contributed by atoms with Crippen molar-refractivity contribution >= 4 is 28.4 Å². The topological polar surface area (TPSA) is 57.2 Å². The van der Waals surface area contributed by atoms with Crippen LogP contribution in [0, 0.1) is 11.6 Å². The zero-order chi connectivity index (χ0) is 21.9. The van der Waals surface area contributed by atoms with Crippen molar-refractivity contribution in [2.24, 2.45) is 0 Å². The maximum absolute atomic E-state index is 14.0. The summed E-state index contributed by atoms with van der Waals surface area (Å²) in [5.41, 5.74) is 2.84. The van der Waals surface area contributed by atoms with E-state index >= 15 is 0 Å². The number of hydrogen-bond donors (Lipinski definition) is 1. The van der Waals surface area contributed by atoms with Crippen LogP contribution in [0.1, 0.15) is 5.56 Å². The summed E-state index contributed by atoms with van der Waals surface area (Å²) in [5.74, 6) is 0.639. The molecule has 0 atom stereocenters. The van der Waals surface area contributed by atoms with E-state index in [1.807, 2.05) is 36.4 Å². The van der Waals surface area contributed by atoms with E-state index in [0.29, 0.717) is 44.1 Å². The minimum Gasteiger partial charge on any atom is -0.351 e. The van der Waals surface area contributed by atoms with Gasteiger partial charge in [0.1, 0.15) is 11.6 Å². The van der Waals surface area contributed by atoms with Gasteiger partial charge in [0.2, 0.25) is 0 Å². The summed E-state index contributed by atoms with van der Waals surface area (Å²) in [6.07, 6.45) is 3.46. The fourth-order valence-corrected chi connectivity index (χ4v) is 3.89. The number of aromatic nitrogens is 3. The Morgan fingerprint density at radius 3 is 2.41 bits per heavy atom. The Bertz CT molecular complexity index is 1230. The molecule has 32 heavy (non-hydrogen) atoms. The highest BCUT2D eigenvalue weighted by molar-refractivity contribution is 5.82. The van der Waals surface area contributed by atoms with Crippen molar-refractivity contribution in [2.45, 2.75) is 6.54 Å². The van der Waals surface area contributed by atoms with Gasteiger partial charge in [0, 0.05) is 44.5 Å². The molecule has 2 aromatic carbocycles. The van der Waals surface area contributed by atoms with Crippen molar-refractivity contribution in [3.63, 3.8) is 0 Å². The molecule has 0 spiro atoms. The first kappa shape index (κ1) is 20.3. The molecule has 3 heterocycles. The van der Waals surface area contributed by atoms with Gasteiger partial charge in [0.15, 0.2) is 11.6 Å². The Kier molecular flexibility index (Phi) is 5.60. The molecule has 6 nitrogen and oxygen atoms in total. The van der Waals surface area contributed by atoms with Crippen molar-refractivity contribution in [3.05, 3.63) is 84.2 Å². The molecule has 1 fully saturated rings. The molecule has 0 amide bonds. The number of nitrogens with zero attached hydrogens (tertiary/aromatic N) is 5. The van der Waals surface area contributed by atoms with Crippen LogP contribution in [0.2, 0.25) is 0 Å². The Hall–Kier alpha value is -3.65. The number of benzene rings is 2. The minimum absolute atomic E-state index is 0.377. The predicted octanol–water partition coefficient (Wildman–Crippen LogP) is 4.37. The molecule has 0 bridgehead atoms. The van der Waals surface area contributed by atoms with Crippen LogP contribution in [-0.4, -0.2) is 46.0 Å². The van der Waals surface area contributed by atoms with Gasteiger partial charge in [0.25, 0.3) is 0 Å². The Balaban J connectivity index is 1.37. The Morgan fingerprint density at radius 2 is 1.66 bits per heavy atom. The van der Waals surface area contributed by atoms with E-state index < -0.39 is 5.82 Å². The third-order valence-electron chi connectivity index (χ3n) is 5.55. The highest BCUT2D eigenvalue weighted by Gasteiger charge is 2.23. The molecule has 0 unspecified atom stereocenters. The number of halogens is 2. The molecule has 1 N–H and O–H groups in total. The van der Waals surface area contributed by atoms with Crippen LogP contribution in [0.4, 0.5) is 26.1 Å². The zero-order valence-electron chi connectivity index (χ0n) is 17.4. The number of rotatable bonds is 5. The van der Waals surface area contributed by atoms with Gasteiger partial charge >= 0.3 is 0 Å². The molecule has 1 aliphatic heterocycles. The number of fused-ring (bicyclic) bond motifs is 1. The van der Waals surface area contributed by atoms with Crippen molar-refractivity contribution in [2.75, 3.05) is 36.4 Å². The van der Waals surface area contributed by atoms with E-state index in [4.69, 9.17) is 9.97 Å². The summed E-state index contributed by atoms with van der Waals surface area (Å²) in [6, 6.07) is 15.2. The summed E-state index contributed by atoms with van der Waals surface area (Å²) in [4.78, 5) is 18.1. The van der Waals surface area contributed by atoms with Gasteiger partial charge in [-0.2, -0.15) is 0 Å². The Morgan fingerprint density at radius 1 is 0.875 bits per heavy atom. The van der Waals surface area contributed by atoms with Gasteiger partial charge in [-0.3, -0.25) is 9.88 Å². The lowest BCUT2D eigenvalue weighted by Crippen LogP contribution is -2.46. The lowest BCUT2D eigenvalue weighted by molar-refractivity contribution is 0.246. The van der Waals surface area contributed by atoms with Crippen LogP contribution in [-0.2, 0) is 6.54 Å². The molecule has 2 aromatic heterocycles. The molecule has 8 heteroatoms. The van der Waals surface area contributed by atoms with E-state index in [1.165, 1.54) is 12.1 Å². The van der Waals surface area contributed by atoms with Crippen LogP contribution >= 0.6 is 0 Å². The molecule has 1 aliphatic rings. The molecule has 0 radical (unpaired) electrons. The fraction of sp³-hybridized carbons (Fsp3) is 0.208. The zero-order valence-corrected chi connectivity index (χ0v) is 17.4. The summed E-state index contributed by atoms with van der Waals surface area (Å²) in [7, 11) is 0. The second-order valence-electron chi connectivity index (χ2n) is 7.75. The third kappa shape index (κ3) is 4.36. The van der Waals surface area contributed by atoms with Crippen LogP contribution in [0.15, 0.2) is 67.0 Å². The van der Waals surface area contributed by atoms with Gasteiger partial charge < -0.3 is 10.2 Å². The molecule has 1 saturated heterocycles. The van der Waals surface area contributed by atoms with Crippen LogP contribution in [0.5, 0.6) is 0 Å². The summed E-state index contributed by atoms with van der Waals surface area (Å²) in [5, 5.41) is 3.34. The maximum atomic E-state index is 14.0. The van der Waals surface area contributed by atoms with Crippen LogP contribution < -0.4 is 10.2 Å². The van der Waals surface area contributed by atoms with Crippen LogP contribution in [0.25, 0.3) is 11.0 Å². The Labute approximate surface area is 184 Å². The van der Waals surface area contributed by atoms with Gasteiger partial charge in [-0.25, -0.2) is 18.7 Å². The number of anilines is 3. The molecular formula is C24H22F2N6. The standard InChI is InChI=1S/C24H22F2N6/c25-18-7-8-20(26)17(14-18)16-31-10-12-32(13-11-31)24-23(28-19-4-3-9-27-15-19)29-21-5-1-2-6-22(21)30-24/h1-9,14-15H,10-13,16H2,(H,28,29). The molecule has 5 rings (SSSR count). The first-order chi connectivity index (χ1) is 15.7. The lowest BCUT2D eigenvalue weighted by Gasteiger charge is -2.36. The molecule has 4 aromatic rings. The van der Waals surface area contributed by atoms with E-state index in [-0.39, 0.29) is 5.82 Å². The van der Waals surface area contributed by atoms with E-state index in [1.54, 1.807) is 12.4 Å². The number of pyridine rings is 1. The number of piperazine rings is 1. The largest absolute Gasteiger partial charge is 0.351 e. The van der Waals surface area contributed by atoms with Crippen molar-refractivity contribution in [1.29, 1.82) is 0 Å². The first-order valence-electron chi connectivity index (χ1n) is 10.5. The van der Waals surface area contributed by atoms with Crippen molar-refractivity contribution in [3.8, 4) is 0 Å². The second-order valence-corrected chi connectivity index (χ2v) is 7.75. The molecule has 0 aliphatic carbocycles. The number of hydrogen-bond acceptors (Lipinski definition) is 6. The summed E-state index contributed by atoms with van der Waals surface area (Å²) < 4.78 is 27.6. The van der Waals surface area contributed by atoms with Gasteiger partial charge in [-0.05, 0) is 42.5 Å². The molecule has 0 saturated carbocycles. The monoisotopic (exact) mass is 432 g/mol. The summed E-state index contributed by atoms with van der Waals surface area (Å²) >= 11 is 0. The van der Waals surface area contributed by atoms with Gasteiger partial charge in [0.05, 0.1) is 22.9 Å². The smallest absolute Gasteiger partial charge is 0.174 e. The van der Waals surface area contributed by atoms with Gasteiger partial charge in [-0.15, -0.1) is 0 Å². The number of para-hydroxylation sites is 2. The highest BCUT2D eigenvalue weighted by atomic mass is 19.1. The third-order valence-corrected chi connectivity index (χ3v) is 5.55. The molecule has 162 valence electrons. The van der Waals surface area contributed by atoms with Gasteiger partial charge in [-0.1, -0.05) is 12.1 Å². The minimum atomic E-state index is -0.419. The first-order valence-corrected chi connectivity index (χ1v) is 10.5. The lowest BCUT2D eigenvalue weighted by atomic mass is 10.1. The normalized spacial score (nSPS) is 14.6. The fourth-order valence-electron chi connectivity index (χ4n) is 3.89. The quantitative estimate of drug-likeness (QED) is 0.506. The van der Waals surface area contributed by atoms with E-state index in [0.717, 1.165) is 28.6 Å². The average Bonchev–Trinajstić information content (AvgIpc) is 2.82. The average molecular weight is 432 g/mol.